The molecule has 1 nitrogen and oxygen atoms in total. The summed E-state index contributed by atoms with van der Waals surface area (Å²) in [5, 5.41) is 6.02. The molecule has 0 bridgehead atoms. The Bertz CT molecular complexity index is 355. The van der Waals surface area contributed by atoms with E-state index in [0.29, 0.717) is 17.5 Å². The van der Waals surface area contributed by atoms with Crippen molar-refractivity contribution in [2.24, 2.45) is 11.3 Å². The standard InChI is InChI=1S/C16H27NS/c1-12-8-14(11-16(3,4)10-12)17-13(2)9-15-6-5-7-18-15/h5-7,12-14,17H,8-11H2,1-4H3. The van der Waals surface area contributed by atoms with Gasteiger partial charge in [-0.2, -0.15) is 0 Å². The largest absolute Gasteiger partial charge is 0.311 e. The van der Waals surface area contributed by atoms with Crippen LogP contribution in [0.4, 0.5) is 0 Å². The lowest BCUT2D eigenvalue weighted by atomic mass is 9.70. The van der Waals surface area contributed by atoms with Crippen LogP contribution in [0.5, 0.6) is 0 Å². The van der Waals surface area contributed by atoms with Gasteiger partial charge in [-0.15, -0.1) is 11.3 Å². The van der Waals surface area contributed by atoms with Gasteiger partial charge in [-0.1, -0.05) is 26.8 Å². The van der Waals surface area contributed by atoms with Crippen LogP contribution < -0.4 is 5.32 Å². The lowest BCUT2D eigenvalue weighted by Gasteiger charge is -2.40. The van der Waals surface area contributed by atoms with Crippen LogP contribution in [0.1, 0.15) is 51.8 Å². The average Bonchev–Trinajstić information content (AvgIpc) is 2.66. The highest BCUT2D eigenvalue weighted by Gasteiger charge is 2.32. The fourth-order valence-electron chi connectivity index (χ4n) is 3.66. The molecule has 1 heterocycles. The molecule has 1 aromatic heterocycles. The number of nitrogens with one attached hydrogen (secondary N) is 1. The minimum Gasteiger partial charge on any atom is -0.311 e. The van der Waals surface area contributed by atoms with E-state index in [1.807, 2.05) is 11.3 Å². The molecule has 0 amide bonds. The molecule has 0 spiro atoms. The van der Waals surface area contributed by atoms with E-state index >= 15 is 0 Å². The molecule has 1 fully saturated rings. The summed E-state index contributed by atoms with van der Waals surface area (Å²) in [6, 6.07) is 5.70. The Morgan fingerprint density at radius 2 is 2.22 bits per heavy atom. The first-order valence-corrected chi connectivity index (χ1v) is 8.11. The number of rotatable bonds is 4. The molecule has 1 aliphatic rings. The van der Waals surface area contributed by atoms with Crippen molar-refractivity contribution >= 4 is 11.3 Å². The third kappa shape index (κ3) is 4.10. The van der Waals surface area contributed by atoms with Gasteiger partial charge in [-0.25, -0.2) is 0 Å². The van der Waals surface area contributed by atoms with Crippen LogP contribution >= 0.6 is 11.3 Å². The van der Waals surface area contributed by atoms with Gasteiger partial charge in [-0.05, 0) is 55.4 Å². The van der Waals surface area contributed by atoms with Crippen molar-refractivity contribution in [3.05, 3.63) is 22.4 Å². The van der Waals surface area contributed by atoms with E-state index in [4.69, 9.17) is 0 Å². The van der Waals surface area contributed by atoms with Gasteiger partial charge in [0.2, 0.25) is 0 Å². The predicted molar refractivity (Wildman–Crippen MR) is 81.2 cm³/mol. The molecule has 2 rings (SSSR count). The lowest BCUT2D eigenvalue weighted by molar-refractivity contribution is 0.145. The summed E-state index contributed by atoms with van der Waals surface area (Å²) in [6.45, 7) is 9.56. The Kier molecular flexibility index (Phi) is 4.50. The average molecular weight is 265 g/mol. The summed E-state index contributed by atoms with van der Waals surface area (Å²) in [6.07, 6.45) is 5.22. The van der Waals surface area contributed by atoms with Gasteiger partial charge in [-0.3, -0.25) is 0 Å². The molecular formula is C16H27NS. The van der Waals surface area contributed by atoms with E-state index in [2.05, 4.69) is 50.5 Å². The quantitative estimate of drug-likeness (QED) is 0.846. The summed E-state index contributed by atoms with van der Waals surface area (Å²) in [5.74, 6) is 0.861. The molecule has 1 aromatic rings. The summed E-state index contributed by atoms with van der Waals surface area (Å²) in [4.78, 5) is 1.50. The fraction of sp³-hybridized carbons (Fsp3) is 0.750. The zero-order valence-corrected chi connectivity index (χ0v) is 13.0. The third-order valence-corrected chi connectivity index (χ3v) is 4.89. The van der Waals surface area contributed by atoms with Crippen molar-refractivity contribution < 1.29 is 0 Å². The van der Waals surface area contributed by atoms with Gasteiger partial charge in [0.05, 0.1) is 0 Å². The molecule has 2 heteroatoms. The number of hydrogen-bond donors (Lipinski definition) is 1. The molecule has 1 saturated carbocycles. The van der Waals surface area contributed by atoms with Crippen LogP contribution in [0, 0.1) is 11.3 Å². The van der Waals surface area contributed by atoms with E-state index in [1.165, 1.54) is 30.6 Å². The van der Waals surface area contributed by atoms with Crippen LogP contribution in [0.15, 0.2) is 17.5 Å². The monoisotopic (exact) mass is 265 g/mol. The Labute approximate surface area is 116 Å². The SMILES string of the molecule is CC1CC(NC(C)Cc2cccs2)CC(C)(C)C1. The smallest absolute Gasteiger partial charge is 0.00896 e. The van der Waals surface area contributed by atoms with Crippen molar-refractivity contribution in [1.29, 1.82) is 0 Å². The molecule has 3 atom stereocenters. The minimum atomic E-state index is 0.512. The zero-order valence-electron chi connectivity index (χ0n) is 12.2. The molecule has 0 saturated heterocycles. The van der Waals surface area contributed by atoms with Crippen LogP contribution in [0.25, 0.3) is 0 Å². The van der Waals surface area contributed by atoms with Crippen molar-refractivity contribution in [2.75, 3.05) is 0 Å². The van der Waals surface area contributed by atoms with Crippen LogP contribution in [0.2, 0.25) is 0 Å². The summed E-state index contributed by atoms with van der Waals surface area (Å²) in [5.41, 5.74) is 0.512. The Morgan fingerprint density at radius 1 is 1.44 bits per heavy atom. The van der Waals surface area contributed by atoms with Crippen molar-refractivity contribution in [3.63, 3.8) is 0 Å². The second-order valence-electron chi connectivity index (χ2n) is 6.96. The van der Waals surface area contributed by atoms with E-state index in [9.17, 15) is 0 Å². The van der Waals surface area contributed by atoms with Crippen LogP contribution in [0.3, 0.4) is 0 Å². The highest BCUT2D eigenvalue weighted by molar-refractivity contribution is 7.09. The van der Waals surface area contributed by atoms with E-state index in [1.54, 1.807) is 0 Å². The first-order valence-electron chi connectivity index (χ1n) is 7.23. The van der Waals surface area contributed by atoms with Gasteiger partial charge in [0.15, 0.2) is 0 Å². The molecule has 18 heavy (non-hydrogen) atoms. The van der Waals surface area contributed by atoms with Crippen molar-refractivity contribution in [3.8, 4) is 0 Å². The Balaban J connectivity index is 1.85. The first kappa shape index (κ1) is 14.1. The molecule has 102 valence electrons. The first-order chi connectivity index (χ1) is 8.44. The molecule has 1 N–H and O–H groups in total. The van der Waals surface area contributed by atoms with E-state index < -0.39 is 0 Å². The second-order valence-corrected chi connectivity index (χ2v) is 7.99. The topological polar surface area (TPSA) is 12.0 Å². The van der Waals surface area contributed by atoms with Crippen molar-refractivity contribution in [1.82, 2.24) is 5.32 Å². The van der Waals surface area contributed by atoms with Gasteiger partial charge >= 0.3 is 0 Å². The van der Waals surface area contributed by atoms with Gasteiger partial charge < -0.3 is 5.32 Å². The van der Waals surface area contributed by atoms with E-state index in [-0.39, 0.29) is 0 Å². The molecule has 0 aromatic carbocycles. The predicted octanol–water partition coefficient (Wildman–Crippen LogP) is 4.48. The maximum Gasteiger partial charge on any atom is 0.00896 e. The number of thiophene rings is 1. The Morgan fingerprint density at radius 3 is 2.83 bits per heavy atom. The highest BCUT2D eigenvalue weighted by Crippen LogP contribution is 2.38. The molecular weight excluding hydrogens is 238 g/mol. The highest BCUT2D eigenvalue weighted by atomic mass is 32.1. The third-order valence-electron chi connectivity index (χ3n) is 3.99. The summed E-state index contributed by atoms with van der Waals surface area (Å²) in [7, 11) is 0. The summed E-state index contributed by atoms with van der Waals surface area (Å²) < 4.78 is 0. The fourth-order valence-corrected chi connectivity index (χ4v) is 4.50. The zero-order chi connectivity index (χ0) is 13.2. The minimum absolute atomic E-state index is 0.512. The van der Waals surface area contributed by atoms with Crippen molar-refractivity contribution in [2.45, 2.75) is 65.5 Å². The van der Waals surface area contributed by atoms with Gasteiger partial charge in [0.1, 0.15) is 0 Å². The van der Waals surface area contributed by atoms with Gasteiger partial charge in [0, 0.05) is 17.0 Å². The molecule has 1 aliphatic carbocycles. The molecule has 0 radical (unpaired) electrons. The number of hydrogen-bond acceptors (Lipinski definition) is 2. The second kappa shape index (κ2) is 5.75. The Hall–Kier alpha value is -0.340. The normalized spacial score (nSPS) is 29.1. The van der Waals surface area contributed by atoms with Crippen LogP contribution in [-0.4, -0.2) is 12.1 Å². The van der Waals surface area contributed by atoms with Gasteiger partial charge in [0.25, 0.3) is 0 Å². The maximum atomic E-state index is 3.85. The molecule has 3 unspecified atom stereocenters. The lowest BCUT2D eigenvalue weighted by Crippen LogP contribution is -2.44. The van der Waals surface area contributed by atoms with Crippen LogP contribution in [-0.2, 0) is 6.42 Å². The summed E-state index contributed by atoms with van der Waals surface area (Å²) >= 11 is 1.87. The molecule has 0 aliphatic heterocycles. The van der Waals surface area contributed by atoms with E-state index in [0.717, 1.165) is 5.92 Å². The maximum absolute atomic E-state index is 3.85.